The third-order valence-electron chi connectivity index (χ3n) is 5.62. The molecule has 0 saturated carbocycles. The first-order valence-electron chi connectivity index (χ1n) is 10.4. The first-order valence-corrected chi connectivity index (χ1v) is 10.4. The number of carbonyl (C=O) groups is 3. The molecule has 0 aliphatic carbocycles. The summed E-state index contributed by atoms with van der Waals surface area (Å²) in [7, 11) is 2.05. The summed E-state index contributed by atoms with van der Waals surface area (Å²) in [6.45, 7) is 6.77. The van der Waals surface area contributed by atoms with Crippen molar-refractivity contribution in [1.82, 2.24) is 10.6 Å². The van der Waals surface area contributed by atoms with E-state index in [1.165, 1.54) is 0 Å². The SMILES string of the molecule is CC(C)CC(NC(=O)c1ccc2c(c1)CCCN2C)C(=O)N[C@@H]1C(=O)CO[C@@H]1C. The number of benzene rings is 1. The van der Waals surface area contributed by atoms with E-state index in [9.17, 15) is 14.4 Å². The van der Waals surface area contributed by atoms with E-state index in [0.717, 1.165) is 30.6 Å². The molecule has 2 aliphatic rings. The molecule has 2 N–H and O–H groups in total. The average molecular weight is 402 g/mol. The topological polar surface area (TPSA) is 87.7 Å². The third kappa shape index (κ3) is 4.96. The van der Waals surface area contributed by atoms with E-state index in [4.69, 9.17) is 4.74 Å². The lowest BCUT2D eigenvalue weighted by Crippen LogP contribution is -2.53. The normalized spacial score (nSPS) is 22.4. The van der Waals surface area contributed by atoms with Crippen molar-refractivity contribution >= 4 is 23.3 Å². The molecule has 1 aromatic rings. The smallest absolute Gasteiger partial charge is 0.251 e. The molecule has 1 aromatic carbocycles. The van der Waals surface area contributed by atoms with Crippen LogP contribution in [0.4, 0.5) is 5.69 Å². The van der Waals surface area contributed by atoms with Crippen LogP contribution in [0, 0.1) is 5.92 Å². The number of nitrogens with zero attached hydrogens (tertiary/aromatic N) is 1. The van der Waals surface area contributed by atoms with E-state index in [2.05, 4.69) is 22.6 Å². The highest BCUT2D eigenvalue weighted by molar-refractivity contribution is 5.99. The average Bonchev–Trinajstić information content (AvgIpc) is 2.99. The van der Waals surface area contributed by atoms with Gasteiger partial charge in [-0.3, -0.25) is 14.4 Å². The lowest BCUT2D eigenvalue weighted by Gasteiger charge is -2.28. The summed E-state index contributed by atoms with van der Waals surface area (Å²) >= 11 is 0. The van der Waals surface area contributed by atoms with Crippen molar-refractivity contribution < 1.29 is 19.1 Å². The highest BCUT2D eigenvalue weighted by Crippen LogP contribution is 2.26. The van der Waals surface area contributed by atoms with Gasteiger partial charge in [-0.15, -0.1) is 0 Å². The summed E-state index contributed by atoms with van der Waals surface area (Å²) < 4.78 is 5.30. The Morgan fingerprint density at radius 1 is 1.31 bits per heavy atom. The Bertz CT molecular complexity index is 792. The summed E-state index contributed by atoms with van der Waals surface area (Å²) in [5, 5.41) is 5.63. The van der Waals surface area contributed by atoms with Gasteiger partial charge in [0.1, 0.15) is 18.7 Å². The van der Waals surface area contributed by atoms with Gasteiger partial charge in [0.15, 0.2) is 5.78 Å². The molecule has 0 spiro atoms. The van der Waals surface area contributed by atoms with Crippen LogP contribution in [0.5, 0.6) is 0 Å². The van der Waals surface area contributed by atoms with Gasteiger partial charge in [0, 0.05) is 24.8 Å². The Kier molecular flexibility index (Phi) is 6.57. The zero-order chi connectivity index (χ0) is 21.1. The highest BCUT2D eigenvalue weighted by atomic mass is 16.5. The number of aryl methyl sites for hydroxylation is 1. The van der Waals surface area contributed by atoms with Crippen molar-refractivity contribution in [3.8, 4) is 0 Å². The van der Waals surface area contributed by atoms with E-state index in [1.807, 2.05) is 26.0 Å². The van der Waals surface area contributed by atoms with Gasteiger partial charge in [0.05, 0.1) is 6.10 Å². The summed E-state index contributed by atoms with van der Waals surface area (Å²) in [5.74, 6) is -0.556. The fourth-order valence-electron chi connectivity index (χ4n) is 3.98. The van der Waals surface area contributed by atoms with E-state index in [0.29, 0.717) is 12.0 Å². The number of hydrogen-bond acceptors (Lipinski definition) is 5. The largest absolute Gasteiger partial charge is 0.374 e. The van der Waals surface area contributed by atoms with Gasteiger partial charge >= 0.3 is 0 Å². The molecule has 3 atom stereocenters. The van der Waals surface area contributed by atoms with Crippen LogP contribution in [0.3, 0.4) is 0 Å². The molecule has 1 fully saturated rings. The zero-order valence-corrected chi connectivity index (χ0v) is 17.7. The summed E-state index contributed by atoms with van der Waals surface area (Å²) in [6, 6.07) is 4.32. The van der Waals surface area contributed by atoms with Crippen molar-refractivity contribution in [2.45, 2.75) is 58.2 Å². The first kappa shape index (κ1) is 21.3. The highest BCUT2D eigenvalue weighted by Gasteiger charge is 2.35. The quantitative estimate of drug-likeness (QED) is 0.757. The summed E-state index contributed by atoms with van der Waals surface area (Å²) in [5.41, 5.74) is 2.85. The molecule has 158 valence electrons. The van der Waals surface area contributed by atoms with Gasteiger partial charge in [0.25, 0.3) is 5.91 Å². The summed E-state index contributed by atoms with van der Waals surface area (Å²) in [4.78, 5) is 39.8. The van der Waals surface area contributed by atoms with E-state index in [-0.39, 0.29) is 36.2 Å². The monoisotopic (exact) mass is 401 g/mol. The fraction of sp³-hybridized carbons (Fsp3) is 0.591. The lowest BCUT2D eigenvalue weighted by molar-refractivity contribution is -0.127. The number of fused-ring (bicyclic) bond motifs is 1. The maximum Gasteiger partial charge on any atom is 0.251 e. The fourth-order valence-corrected chi connectivity index (χ4v) is 3.98. The Hall–Kier alpha value is -2.41. The molecule has 1 unspecified atom stereocenters. The van der Waals surface area contributed by atoms with Crippen molar-refractivity contribution in [1.29, 1.82) is 0 Å². The minimum atomic E-state index is -0.707. The molecule has 2 aliphatic heterocycles. The predicted molar refractivity (Wildman–Crippen MR) is 111 cm³/mol. The zero-order valence-electron chi connectivity index (χ0n) is 17.7. The van der Waals surface area contributed by atoms with Crippen molar-refractivity contribution in [2.24, 2.45) is 5.92 Å². The maximum atomic E-state index is 12.9. The van der Waals surface area contributed by atoms with Crippen molar-refractivity contribution in [3.63, 3.8) is 0 Å². The van der Waals surface area contributed by atoms with Crippen LogP contribution in [0.1, 0.15) is 49.5 Å². The van der Waals surface area contributed by atoms with Crippen LogP contribution in [-0.2, 0) is 20.7 Å². The molecule has 0 aromatic heterocycles. The van der Waals surface area contributed by atoms with Crippen molar-refractivity contribution in [2.75, 3.05) is 25.1 Å². The maximum absolute atomic E-state index is 12.9. The molecule has 29 heavy (non-hydrogen) atoms. The van der Waals surface area contributed by atoms with Gasteiger partial charge in [-0.25, -0.2) is 0 Å². The van der Waals surface area contributed by atoms with Crippen LogP contribution in [0.15, 0.2) is 18.2 Å². The third-order valence-corrected chi connectivity index (χ3v) is 5.62. The van der Waals surface area contributed by atoms with E-state index in [1.54, 1.807) is 13.0 Å². The summed E-state index contributed by atoms with van der Waals surface area (Å²) in [6.07, 6.45) is 2.13. The second-order valence-electron chi connectivity index (χ2n) is 8.49. The Balaban J connectivity index is 1.71. The molecule has 1 saturated heterocycles. The molecule has 3 rings (SSSR count). The van der Waals surface area contributed by atoms with Crippen molar-refractivity contribution in [3.05, 3.63) is 29.3 Å². The minimum absolute atomic E-state index is 0.0108. The standard InChI is InChI=1S/C22H31N3O4/c1-13(2)10-17(22(28)24-20-14(3)29-12-19(20)26)23-21(27)16-7-8-18-15(11-16)6-5-9-25(18)4/h7-8,11,13-14,17,20H,5-6,9-10,12H2,1-4H3,(H,23,27)(H,24,28)/t14-,17?,20+/m1/s1. The number of nitrogens with one attached hydrogen (secondary N) is 2. The van der Waals surface area contributed by atoms with Crippen LogP contribution in [0.25, 0.3) is 0 Å². The van der Waals surface area contributed by atoms with E-state index < -0.39 is 12.1 Å². The number of anilines is 1. The number of Topliss-reactive ketones (excluding diaryl/α,β-unsaturated/α-hetero) is 1. The van der Waals surface area contributed by atoms with Crippen LogP contribution >= 0.6 is 0 Å². The van der Waals surface area contributed by atoms with Crippen LogP contribution in [0.2, 0.25) is 0 Å². The number of rotatable bonds is 6. The van der Waals surface area contributed by atoms with Crippen LogP contribution < -0.4 is 15.5 Å². The number of hydrogen-bond donors (Lipinski definition) is 2. The molecular formula is C22H31N3O4. The second kappa shape index (κ2) is 8.95. The number of ketones is 1. The molecule has 0 radical (unpaired) electrons. The molecule has 2 heterocycles. The van der Waals surface area contributed by atoms with Gasteiger partial charge in [-0.1, -0.05) is 13.8 Å². The molecule has 7 nitrogen and oxygen atoms in total. The molecule has 2 amide bonds. The number of carbonyl (C=O) groups excluding carboxylic acids is 3. The van der Waals surface area contributed by atoms with Crippen LogP contribution in [-0.4, -0.2) is 56.0 Å². The molecule has 7 heteroatoms. The Labute approximate surface area is 172 Å². The number of amides is 2. The van der Waals surface area contributed by atoms with Gasteiger partial charge in [0.2, 0.25) is 5.91 Å². The van der Waals surface area contributed by atoms with Gasteiger partial charge in [-0.05, 0) is 55.9 Å². The number of ether oxygens (including phenoxy) is 1. The second-order valence-corrected chi connectivity index (χ2v) is 8.49. The minimum Gasteiger partial charge on any atom is -0.374 e. The predicted octanol–water partition coefficient (Wildman–Crippen LogP) is 1.69. The lowest BCUT2D eigenvalue weighted by atomic mass is 9.98. The Morgan fingerprint density at radius 3 is 2.72 bits per heavy atom. The molecule has 0 bridgehead atoms. The van der Waals surface area contributed by atoms with Gasteiger partial charge < -0.3 is 20.3 Å². The first-order chi connectivity index (χ1) is 13.8. The van der Waals surface area contributed by atoms with Gasteiger partial charge in [-0.2, -0.15) is 0 Å². The molecular weight excluding hydrogens is 370 g/mol. The Morgan fingerprint density at radius 2 is 2.07 bits per heavy atom. The van der Waals surface area contributed by atoms with E-state index >= 15 is 0 Å².